The summed E-state index contributed by atoms with van der Waals surface area (Å²) < 4.78 is 5.69. The third-order valence-electron chi connectivity index (χ3n) is 5.77. The minimum absolute atomic E-state index is 0.105. The SMILES string of the molecule is C=C(C)[C@H](O)CC/C(C)=C/Cc1c(O)cc2c(c1O)C(=O)[C@H](O)[C@@H](c1ccc(O)c(O)c1)O2. The van der Waals surface area contributed by atoms with Crippen molar-refractivity contribution >= 4 is 5.78 Å². The Balaban J connectivity index is 1.87. The van der Waals surface area contributed by atoms with Crippen LogP contribution in [0.25, 0.3) is 0 Å². The van der Waals surface area contributed by atoms with E-state index < -0.39 is 35.6 Å². The highest BCUT2D eigenvalue weighted by Gasteiger charge is 2.40. The molecule has 3 rings (SSSR count). The lowest BCUT2D eigenvalue weighted by molar-refractivity contribution is 0.0209. The van der Waals surface area contributed by atoms with Crippen LogP contribution in [0.1, 0.15) is 54.3 Å². The fourth-order valence-corrected chi connectivity index (χ4v) is 3.65. The summed E-state index contributed by atoms with van der Waals surface area (Å²) in [5, 5.41) is 60.8. The van der Waals surface area contributed by atoms with Crippen LogP contribution in [0.5, 0.6) is 28.7 Å². The topological polar surface area (TPSA) is 148 Å². The Kier molecular flexibility index (Phi) is 7.00. The molecular weight excluding hydrogens is 428 g/mol. The van der Waals surface area contributed by atoms with Gasteiger partial charge in [0.2, 0.25) is 5.78 Å². The molecule has 0 spiro atoms. The minimum atomic E-state index is -1.68. The second-order valence-electron chi connectivity index (χ2n) is 8.35. The van der Waals surface area contributed by atoms with Crippen LogP contribution in [-0.2, 0) is 6.42 Å². The van der Waals surface area contributed by atoms with Gasteiger partial charge in [-0.25, -0.2) is 0 Å². The maximum Gasteiger partial charge on any atom is 0.202 e. The molecule has 6 N–H and O–H groups in total. The van der Waals surface area contributed by atoms with Crippen molar-refractivity contribution in [1.29, 1.82) is 0 Å². The van der Waals surface area contributed by atoms with Gasteiger partial charge < -0.3 is 35.4 Å². The Bertz CT molecular complexity index is 1120. The van der Waals surface area contributed by atoms with E-state index in [1.54, 1.807) is 13.0 Å². The third kappa shape index (κ3) is 4.97. The quantitative estimate of drug-likeness (QED) is 0.274. The van der Waals surface area contributed by atoms with Crippen LogP contribution in [0.15, 0.2) is 48.1 Å². The fourth-order valence-electron chi connectivity index (χ4n) is 3.65. The van der Waals surface area contributed by atoms with Gasteiger partial charge in [-0.3, -0.25) is 4.79 Å². The van der Waals surface area contributed by atoms with Crippen LogP contribution < -0.4 is 4.74 Å². The molecule has 3 atom stereocenters. The molecule has 0 aromatic heterocycles. The lowest BCUT2D eigenvalue weighted by atomic mass is 9.90. The molecule has 0 amide bonds. The van der Waals surface area contributed by atoms with Crippen LogP contribution >= 0.6 is 0 Å². The van der Waals surface area contributed by atoms with Crippen molar-refractivity contribution in [1.82, 2.24) is 0 Å². The van der Waals surface area contributed by atoms with E-state index in [0.29, 0.717) is 18.4 Å². The normalized spacial score (nSPS) is 19.0. The molecule has 0 radical (unpaired) electrons. The van der Waals surface area contributed by atoms with Crippen molar-refractivity contribution in [2.75, 3.05) is 0 Å². The van der Waals surface area contributed by atoms with Gasteiger partial charge in [0.1, 0.15) is 22.8 Å². The van der Waals surface area contributed by atoms with Crippen molar-refractivity contribution < 1.29 is 40.2 Å². The van der Waals surface area contributed by atoms with E-state index in [9.17, 15) is 35.4 Å². The smallest absolute Gasteiger partial charge is 0.202 e. The summed E-state index contributed by atoms with van der Waals surface area (Å²) in [5.74, 6) is -2.47. The van der Waals surface area contributed by atoms with Gasteiger partial charge in [-0.1, -0.05) is 29.9 Å². The number of ether oxygens (including phenoxy) is 1. The maximum atomic E-state index is 12.9. The molecule has 1 heterocycles. The Morgan fingerprint density at radius 2 is 1.82 bits per heavy atom. The van der Waals surface area contributed by atoms with E-state index in [1.165, 1.54) is 18.2 Å². The number of phenolic OH excluding ortho intramolecular Hbond substituents is 4. The Labute approximate surface area is 191 Å². The zero-order chi connectivity index (χ0) is 24.4. The Morgan fingerprint density at radius 3 is 2.45 bits per heavy atom. The summed E-state index contributed by atoms with van der Waals surface area (Å²) in [7, 11) is 0. The first kappa shape index (κ1) is 24.2. The highest BCUT2D eigenvalue weighted by Crippen LogP contribution is 2.45. The van der Waals surface area contributed by atoms with Gasteiger partial charge in [0.25, 0.3) is 0 Å². The van der Waals surface area contributed by atoms with Crippen LogP contribution in [0.4, 0.5) is 0 Å². The van der Waals surface area contributed by atoms with Gasteiger partial charge in [-0.2, -0.15) is 0 Å². The average molecular weight is 456 g/mol. The van der Waals surface area contributed by atoms with Gasteiger partial charge in [-0.05, 0) is 50.8 Å². The minimum Gasteiger partial charge on any atom is -0.507 e. The van der Waals surface area contributed by atoms with Gasteiger partial charge in [0.05, 0.1) is 6.10 Å². The van der Waals surface area contributed by atoms with E-state index in [1.807, 2.05) is 6.92 Å². The number of Topliss-reactive ketones (excluding diaryl/α,β-unsaturated/α-hetero) is 1. The molecule has 0 aliphatic carbocycles. The summed E-state index contributed by atoms with van der Waals surface area (Å²) in [6, 6.07) is 4.94. The number of carbonyl (C=O) groups is 1. The summed E-state index contributed by atoms with van der Waals surface area (Å²) in [5.41, 5.74) is 1.69. The first-order valence-corrected chi connectivity index (χ1v) is 10.5. The molecule has 33 heavy (non-hydrogen) atoms. The van der Waals surface area contributed by atoms with E-state index in [0.717, 1.165) is 11.6 Å². The van der Waals surface area contributed by atoms with Crippen LogP contribution in [0.2, 0.25) is 0 Å². The molecule has 1 aliphatic heterocycles. The number of aliphatic hydroxyl groups excluding tert-OH is 2. The van der Waals surface area contributed by atoms with E-state index in [2.05, 4.69) is 6.58 Å². The predicted molar refractivity (Wildman–Crippen MR) is 121 cm³/mol. The van der Waals surface area contributed by atoms with Crippen LogP contribution in [0, 0.1) is 0 Å². The molecule has 0 saturated carbocycles. The van der Waals surface area contributed by atoms with Crippen molar-refractivity contribution in [3.8, 4) is 28.7 Å². The van der Waals surface area contributed by atoms with Gasteiger partial charge in [0.15, 0.2) is 23.7 Å². The molecule has 0 bridgehead atoms. The lowest BCUT2D eigenvalue weighted by Crippen LogP contribution is -2.36. The number of allylic oxidation sites excluding steroid dienone is 2. The number of benzene rings is 2. The molecule has 0 unspecified atom stereocenters. The first-order chi connectivity index (χ1) is 15.5. The zero-order valence-electron chi connectivity index (χ0n) is 18.4. The average Bonchev–Trinajstić information content (AvgIpc) is 2.75. The lowest BCUT2D eigenvalue weighted by Gasteiger charge is -2.31. The van der Waals surface area contributed by atoms with Gasteiger partial charge >= 0.3 is 0 Å². The number of aromatic hydroxyl groups is 4. The predicted octanol–water partition coefficient (Wildman–Crippen LogP) is 3.39. The van der Waals surface area contributed by atoms with E-state index >= 15 is 0 Å². The largest absolute Gasteiger partial charge is 0.507 e. The van der Waals surface area contributed by atoms with Crippen LogP contribution in [-0.4, -0.2) is 48.6 Å². The number of fused-ring (bicyclic) bond motifs is 1. The molecule has 2 aromatic carbocycles. The number of rotatable bonds is 7. The number of phenols is 4. The second-order valence-corrected chi connectivity index (χ2v) is 8.35. The summed E-state index contributed by atoms with van der Waals surface area (Å²) in [6.45, 7) is 7.31. The van der Waals surface area contributed by atoms with Crippen LogP contribution in [0.3, 0.4) is 0 Å². The fraction of sp³-hybridized carbons (Fsp3) is 0.320. The second kappa shape index (κ2) is 9.56. The maximum absolute atomic E-state index is 12.9. The van der Waals surface area contributed by atoms with E-state index in [4.69, 9.17) is 4.74 Å². The molecule has 176 valence electrons. The van der Waals surface area contributed by atoms with Gasteiger partial charge in [-0.15, -0.1) is 0 Å². The standard InChI is InChI=1S/C25H28O8/c1-12(2)16(26)8-5-13(3)4-7-15-18(28)11-20-21(22(15)30)23(31)24(32)25(33-20)14-6-9-17(27)19(29)10-14/h4,6,9-11,16,24-30,32H,1,5,7-8H2,2-3H3/b13-4+/t16-,24+,25-/m1/s1. The molecule has 8 nitrogen and oxygen atoms in total. The van der Waals surface area contributed by atoms with Gasteiger partial charge in [0, 0.05) is 11.6 Å². The molecule has 1 aliphatic rings. The summed E-state index contributed by atoms with van der Waals surface area (Å²) in [6.07, 6.45) is -0.515. The number of carbonyl (C=O) groups excluding carboxylic acids is 1. The van der Waals surface area contributed by atoms with Crippen molar-refractivity contribution in [2.24, 2.45) is 0 Å². The molecule has 8 heteroatoms. The summed E-state index contributed by atoms with van der Waals surface area (Å²) >= 11 is 0. The third-order valence-corrected chi connectivity index (χ3v) is 5.77. The molecule has 0 fully saturated rings. The Morgan fingerprint density at radius 1 is 1.12 bits per heavy atom. The number of ketones is 1. The number of hydrogen-bond donors (Lipinski definition) is 6. The molecule has 0 saturated heterocycles. The number of hydrogen-bond acceptors (Lipinski definition) is 8. The van der Waals surface area contributed by atoms with Crippen molar-refractivity contribution in [3.05, 3.63) is 64.8 Å². The Hall–Kier alpha value is -3.49. The van der Waals surface area contributed by atoms with Crippen molar-refractivity contribution in [3.63, 3.8) is 0 Å². The first-order valence-electron chi connectivity index (χ1n) is 10.5. The van der Waals surface area contributed by atoms with E-state index in [-0.39, 0.29) is 40.4 Å². The zero-order valence-corrected chi connectivity index (χ0v) is 18.4. The highest BCUT2D eigenvalue weighted by atomic mass is 16.5. The highest BCUT2D eigenvalue weighted by molar-refractivity contribution is 6.06. The van der Waals surface area contributed by atoms with Crippen molar-refractivity contribution in [2.45, 2.75) is 51.4 Å². The number of aliphatic hydroxyl groups is 2. The molecular formula is C25H28O8. The molecule has 2 aromatic rings. The summed E-state index contributed by atoms with van der Waals surface area (Å²) in [4.78, 5) is 12.9. The monoisotopic (exact) mass is 456 g/mol.